The van der Waals surface area contributed by atoms with E-state index in [1.165, 1.54) is 44.9 Å². The fourth-order valence-electron chi connectivity index (χ4n) is 3.77. The standard InChI is InChI=1S/C26H50O6/c1-19(2)9-6-10-20(3)11-7-12-21(4)13-8-14-22(5)15-16-25(30)32-18-24(29)26(31)23(28)17-27/h15,19-21,23-24,26-29,31H,6-14,16-18H2,1-5H3. The second kappa shape index (κ2) is 18.5. The van der Waals surface area contributed by atoms with Crippen LogP contribution in [0.2, 0.25) is 0 Å². The van der Waals surface area contributed by atoms with Crippen LogP contribution in [-0.4, -0.2) is 57.9 Å². The van der Waals surface area contributed by atoms with Gasteiger partial charge in [-0.3, -0.25) is 4.79 Å². The van der Waals surface area contributed by atoms with Crippen LogP contribution >= 0.6 is 0 Å². The molecule has 32 heavy (non-hydrogen) atoms. The van der Waals surface area contributed by atoms with E-state index in [0.29, 0.717) is 0 Å². The van der Waals surface area contributed by atoms with Gasteiger partial charge in [-0.05, 0) is 37.5 Å². The minimum Gasteiger partial charge on any atom is -0.463 e. The second-order valence-electron chi connectivity index (χ2n) is 10.1. The molecule has 0 aromatic rings. The van der Waals surface area contributed by atoms with Crippen LogP contribution in [-0.2, 0) is 9.53 Å². The Morgan fingerprint density at radius 1 is 0.844 bits per heavy atom. The van der Waals surface area contributed by atoms with Crippen LogP contribution in [0.1, 0.15) is 98.8 Å². The Bertz CT molecular complexity index is 505. The molecule has 0 bridgehead atoms. The predicted molar refractivity (Wildman–Crippen MR) is 129 cm³/mol. The Morgan fingerprint density at radius 3 is 1.91 bits per heavy atom. The van der Waals surface area contributed by atoms with E-state index in [4.69, 9.17) is 9.84 Å². The average Bonchev–Trinajstić information content (AvgIpc) is 2.74. The average molecular weight is 459 g/mol. The van der Waals surface area contributed by atoms with E-state index in [0.717, 1.165) is 36.2 Å². The number of rotatable bonds is 19. The number of carbonyl (C=O) groups is 1. The van der Waals surface area contributed by atoms with Crippen molar-refractivity contribution in [1.82, 2.24) is 0 Å². The number of allylic oxidation sites excluding steroid dienone is 1. The summed E-state index contributed by atoms with van der Waals surface area (Å²) in [6.07, 6.45) is 8.70. The Hall–Kier alpha value is -0.950. The van der Waals surface area contributed by atoms with Crippen LogP contribution < -0.4 is 0 Å². The molecule has 0 heterocycles. The Labute approximate surface area is 196 Å². The van der Waals surface area contributed by atoms with Gasteiger partial charge in [0.15, 0.2) is 0 Å². The van der Waals surface area contributed by atoms with Gasteiger partial charge in [-0.2, -0.15) is 0 Å². The van der Waals surface area contributed by atoms with E-state index < -0.39 is 37.5 Å². The molecule has 0 aromatic heterocycles. The number of hydrogen-bond acceptors (Lipinski definition) is 6. The fraction of sp³-hybridized carbons (Fsp3) is 0.885. The molecule has 0 aromatic carbocycles. The minimum atomic E-state index is -1.56. The second-order valence-corrected chi connectivity index (χ2v) is 10.1. The van der Waals surface area contributed by atoms with Gasteiger partial charge in [0.25, 0.3) is 0 Å². The van der Waals surface area contributed by atoms with Crippen LogP contribution in [0.15, 0.2) is 11.6 Å². The summed E-state index contributed by atoms with van der Waals surface area (Å²) < 4.78 is 4.93. The van der Waals surface area contributed by atoms with Crippen molar-refractivity contribution in [2.45, 2.75) is 117 Å². The first kappa shape index (κ1) is 31.0. The largest absolute Gasteiger partial charge is 0.463 e. The summed E-state index contributed by atoms with van der Waals surface area (Å²) in [7, 11) is 0. The lowest BCUT2D eigenvalue weighted by Crippen LogP contribution is -2.42. The Kier molecular flexibility index (Phi) is 17.9. The molecule has 6 heteroatoms. The topological polar surface area (TPSA) is 107 Å². The molecule has 0 spiro atoms. The van der Waals surface area contributed by atoms with Gasteiger partial charge < -0.3 is 25.2 Å². The lowest BCUT2D eigenvalue weighted by molar-refractivity contribution is -0.151. The minimum absolute atomic E-state index is 0.113. The van der Waals surface area contributed by atoms with Crippen molar-refractivity contribution in [2.24, 2.45) is 17.8 Å². The zero-order valence-electron chi connectivity index (χ0n) is 21.1. The maximum Gasteiger partial charge on any atom is 0.309 e. The van der Waals surface area contributed by atoms with Crippen LogP contribution in [0, 0.1) is 17.8 Å². The molecule has 0 saturated heterocycles. The zero-order valence-corrected chi connectivity index (χ0v) is 21.1. The zero-order chi connectivity index (χ0) is 24.5. The van der Waals surface area contributed by atoms with Gasteiger partial charge in [-0.25, -0.2) is 0 Å². The van der Waals surface area contributed by atoms with Gasteiger partial charge >= 0.3 is 5.97 Å². The molecule has 0 saturated carbocycles. The van der Waals surface area contributed by atoms with Crippen LogP contribution in [0.4, 0.5) is 0 Å². The first-order valence-electron chi connectivity index (χ1n) is 12.5. The Morgan fingerprint density at radius 2 is 1.38 bits per heavy atom. The first-order valence-corrected chi connectivity index (χ1v) is 12.5. The third-order valence-electron chi connectivity index (χ3n) is 6.15. The quantitative estimate of drug-likeness (QED) is 0.169. The molecule has 0 fully saturated rings. The van der Waals surface area contributed by atoms with Crippen molar-refractivity contribution in [1.29, 1.82) is 0 Å². The van der Waals surface area contributed by atoms with Crippen molar-refractivity contribution >= 4 is 5.97 Å². The van der Waals surface area contributed by atoms with E-state index in [9.17, 15) is 20.1 Å². The number of aliphatic hydroxyl groups excluding tert-OH is 4. The molecule has 6 nitrogen and oxygen atoms in total. The highest BCUT2D eigenvalue weighted by molar-refractivity contribution is 5.71. The molecule has 0 amide bonds. The lowest BCUT2D eigenvalue weighted by Gasteiger charge is -2.21. The fourth-order valence-corrected chi connectivity index (χ4v) is 3.77. The van der Waals surface area contributed by atoms with E-state index in [1.807, 2.05) is 13.0 Å². The molecule has 5 atom stereocenters. The summed E-state index contributed by atoms with van der Waals surface area (Å²) in [6.45, 7) is 10.2. The SMILES string of the molecule is CC(=CCC(=O)OCC(O)C(O)C(O)CO)CCCC(C)CCCC(C)CCCC(C)C. The number of ether oxygens (including phenoxy) is 1. The van der Waals surface area contributed by atoms with Crippen molar-refractivity contribution in [3.63, 3.8) is 0 Å². The summed E-state index contributed by atoms with van der Waals surface area (Å²) in [5, 5.41) is 37.2. The summed E-state index contributed by atoms with van der Waals surface area (Å²) in [6, 6.07) is 0. The smallest absolute Gasteiger partial charge is 0.309 e. The number of carbonyl (C=O) groups excluding carboxylic acids is 1. The molecular weight excluding hydrogens is 408 g/mol. The van der Waals surface area contributed by atoms with Gasteiger partial charge in [0, 0.05) is 0 Å². The van der Waals surface area contributed by atoms with E-state index in [2.05, 4.69) is 27.7 Å². The third-order valence-corrected chi connectivity index (χ3v) is 6.15. The molecule has 0 aliphatic carbocycles. The van der Waals surface area contributed by atoms with Gasteiger partial charge in [0.2, 0.25) is 0 Å². The maximum absolute atomic E-state index is 11.8. The number of aliphatic hydroxyl groups is 4. The molecular formula is C26H50O6. The molecule has 0 aliphatic rings. The van der Waals surface area contributed by atoms with E-state index in [1.54, 1.807) is 0 Å². The Balaban J connectivity index is 3.91. The number of hydrogen-bond donors (Lipinski definition) is 4. The van der Waals surface area contributed by atoms with Crippen molar-refractivity contribution < 1.29 is 30.0 Å². The monoisotopic (exact) mass is 458 g/mol. The summed E-state index contributed by atoms with van der Waals surface area (Å²) >= 11 is 0. The molecule has 0 radical (unpaired) electrons. The maximum atomic E-state index is 11.8. The molecule has 0 aliphatic heterocycles. The van der Waals surface area contributed by atoms with Gasteiger partial charge in [0.1, 0.15) is 24.9 Å². The summed E-state index contributed by atoms with van der Waals surface area (Å²) in [4.78, 5) is 11.8. The summed E-state index contributed by atoms with van der Waals surface area (Å²) in [5.74, 6) is 1.86. The van der Waals surface area contributed by atoms with Crippen molar-refractivity contribution in [2.75, 3.05) is 13.2 Å². The highest BCUT2D eigenvalue weighted by Gasteiger charge is 2.25. The van der Waals surface area contributed by atoms with Crippen LogP contribution in [0.3, 0.4) is 0 Å². The van der Waals surface area contributed by atoms with Crippen molar-refractivity contribution in [3.8, 4) is 0 Å². The van der Waals surface area contributed by atoms with Gasteiger partial charge in [0.05, 0.1) is 13.0 Å². The lowest BCUT2D eigenvalue weighted by atomic mass is 9.91. The number of esters is 1. The first-order chi connectivity index (χ1) is 15.1. The van der Waals surface area contributed by atoms with E-state index >= 15 is 0 Å². The predicted octanol–water partition coefficient (Wildman–Crippen LogP) is 4.38. The normalized spacial score (nSPS) is 17.1. The highest BCUT2D eigenvalue weighted by atomic mass is 16.5. The molecule has 190 valence electrons. The van der Waals surface area contributed by atoms with Crippen LogP contribution in [0.5, 0.6) is 0 Å². The highest BCUT2D eigenvalue weighted by Crippen LogP contribution is 2.22. The third kappa shape index (κ3) is 16.7. The van der Waals surface area contributed by atoms with Gasteiger partial charge in [-0.1, -0.05) is 84.3 Å². The van der Waals surface area contributed by atoms with Gasteiger partial charge in [-0.15, -0.1) is 0 Å². The molecule has 0 rings (SSSR count). The summed E-state index contributed by atoms with van der Waals surface area (Å²) in [5.41, 5.74) is 1.14. The van der Waals surface area contributed by atoms with Crippen LogP contribution in [0.25, 0.3) is 0 Å². The van der Waals surface area contributed by atoms with Crippen molar-refractivity contribution in [3.05, 3.63) is 11.6 Å². The molecule has 5 unspecified atom stereocenters. The van der Waals surface area contributed by atoms with E-state index in [-0.39, 0.29) is 6.42 Å². The molecule has 4 N–H and O–H groups in total.